The number of benzene rings is 9. The molecule has 0 aliphatic carbocycles. The number of unbranched alkanes of at least 4 members (excludes halogenated alkanes) is 10. The number of fused-ring (bicyclic) bond motifs is 5. The zero-order chi connectivity index (χ0) is 37.8. The monoisotopic (exact) mass is 728 g/mol. The van der Waals surface area contributed by atoms with E-state index >= 15 is 0 Å². The van der Waals surface area contributed by atoms with Crippen LogP contribution >= 0.6 is 0 Å². The van der Waals surface area contributed by atoms with Gasteiger partial charge in [0.1, 0.15) is 0 Å². The van der Waals surface area contributed by atoms with E-state index in [9.17, 15) is 0 Å². The van der Waals surface area contributed by atoms with Crippen LogP contribution in [0.15, 0.2) is 133 Å². The molecule has 0 saturated heterocycles. The predicted octanol–water partition coefficient (Wildman–Crippen LogP) is 17.2. The number of hydrogen-bond acceptors (Lipinski definition) is 0. The van der Waals surface area contributed by atoms with Gasteiger partial charge in [0.05, 0.1) is 0 Å². The minimum absolute atomic E-state index is 1.13. The van der Waals surface area contributed by atoms with Gasteiger partial charge in [-0.05, 0) is 136 Å². The van der Waals surface area contributed by atoms with Crippen LogP contribution in [0.25, 0.3) is 86.9 Å². The van der Waals surface area contributed by atoms with Crippen LogP contribution in [0.1, 0.15) is 102 Å². The van der Waals surface area contributed by atoms with Gasteiger partial charge in [-0.3, -0.25) is 0 Å². The van der Waals surface area contributed by atoms with E-state index in [0.717, 1.165) is 12.8 Å². The van der Waals surface area contributed by atoms with E-state index in [1.165, 1.54) is 175 Å². The highest BCUT2D eigenvalue weighted by molar-refractivity contribution is 6.41. The second-order valence-corrected chi connectivity index (χ2v) is 16.6. The average molecular weight is 729 g/mol. The summed E-state index contributed by atoms with van der Waals surface area (Å²) in [5.74, 6) is 0. The van der Waals surface area contributed by atoms with Crippen molar-refractivity contribution in [3.05, 3.63) is 145 Å². The summed E-state index contributed by atoms with van der Waals surface area (Å²) in [6.07, 6.45) is 18.1. The molecule has 0 atom stereocenters. The second-order valence-electron chi connectivity index (χ2n) is 16.6. The standard InChI is InChI=1S/C56H56/c1-3-5-7-9-11-13-21-39-23-17-29-45(35-39)53-49-37-43-25-15-16-26-44(43)38-50(49)54(46-30-18-24-40(36-46)22-14-12-10-8-6-4-2)56-48-32-20-28-42-34-33-41-27-19-31-47(55(53)56)51(41)52(42)48/h15-20,23-38H,3-14,21-22H2,1-2H3. The first-order valence-corrected chi connectivity index (χ1v) is 21.9. The van der Waals surface area contributed by atoms with E-state index < -0.39 is 0 Å². The maximum Gasteiger partial charge on any atom is -0.000741 e. The van der Waals surface area contributed by atoms with Crippen molar-refractivity contribution in [2.45, 2.75) is 104 Å². The molecule has 0 amide bonds. The molecule has 0 aromatic heterocycles. The lowest BCUT2D eigenvalue weighted by atomic mass is 9.79. The molecule has 0 N–H and O–H groups in total. The lowest BCUT2D eigenvalue weighted by Crippen LogP contribution is -1.96. The fraction of sp³-hybridized carbons (Fsp3) is 0.286. The van der Waals surface area contributed by atoms with E-state index in [2.05, 4.69) is 147 Å². The van der Waals surface area contributed by atoms with Gasteiger partial charge in [0, 0.05) is 0 Å². The van der Waals surface area contributed by atoms with Gasteiger partial charge in [-0.1, -0.05) is 199 Å². The molecule has 0 aliphatic heterocycles. The first kappa shape index (κ1) is 36.4. The summed E-state index contributed by atoms with van der Waals surface area (Å²) in [7, 11) is 0. The van der Waals surface area contributed by atoms with Crippen molar-refractivity contribution in [2.24, 2.45) is 0 Å². The molecule has 0 bridgehead atoms. The topological polar surface area (TPSA) is 0 Å². The van der Waals surface area contributed by atoms with Gasteiger partial charge in [-0.25, -0.2) is 0 Å². The van der Waals surface area contributed by atoms with Crippen molar-refractivity contribution >= 4 is 64.6 Å². The quantitative estimate of drug-likeness (QED) is 0.0528. The molecule has 9 rings (SSSR count). The molecule has 0 saturated carbocycles. The summed E-state index contributed by atoms with van der Waals surface area (Å²) in [6.45, 7) is 4.61. The fourth-order valence-corrected chi connectivity index (χ4v) is 9.87. The Morgan fingerprint density at radius 1 is 0.304 bits per heavy atom. The highest BCUT2D eigenvalue weighted by Gasteiger charge is 2.24. The zero-order valence-corrected chi connectivity index (χ0v) is 33.6. The Hall–Kier alpha value is -5.20. The zero-order valence-electron chi connectivity index (χ0n) is 33.6. The summed E-state index contributed by atoms with van der Waals surface area (Å²) in [5, 5.41) is 16.2. The molecule has 280 valence electrons. The maximum absolute atomic E-state index is 2.53. The van der Waals surface area contributed by atoms with Crippen molar-refractivity contribution < 1.29 is 0 Å². The van der Waals surface area contributed by atoms with Crippen molar-refractivity contribution in [2.75, 3.05) is 0 Å². The van der Waals surface area contributed by atoms with Crippen LogP contribution in [0.4, 0.5) is 0 Å². The highest BCUT2D eigenvalue weighted by Crippen LogP contribution is 2.52. The van der Waals surface area contributed by atoms with Crippen LogP contribution in [0.5, 0.6) is 0 Å². The van der Waals surface area contributed by atoms with Crippen molar-refractivity contribution in [1.82, 2.24) is 0 Å². The first-order chi connectivity index (χ1) is 27.7. The lowest BCUT2D eigenvalue weighted by Gasteiger charge is -2.23. The Kier molecular flexibility index (Phi) is 10.7. The van der Waals surface area contributed by atoms with Crippen molar-refractivity contribution in [3.63, 3.8) is 0 Å². The minimum atomic E-state index is 1.13. The highest BCUT2D eigenvalue weighted by atomic mass is 14.3. The molecule has 0 heterocycles. The van der Waals surface area contributed by atoms with Crippen LogP contribution < -0.4 is 0 Å². The molecule has 0 nitrogen and oxygen atoms in total. The van der Waals surface area contributed by atoms with E-state index in [1.54, 1.807) is 0 Å². The van der Waals surface area contributed by atoms with E-state index in [-0.39, 0.29) is 0 Å². The van der Waals surface area contributed by atoms with Gasteiger partial charge in [-0.2, -0.15) is 0 Å². The predicted molar refractivity (Wildman–Crippen MR) is 248 cm³/mol. The Labute approximate surface area is 333 Å². The molecule has 0 radical (unpaired) electrons. The molecule has 9 aromatic carbocycles. The van der Waals surface area contributed by atoms with E-state index in [4.69, 9.17) is 0 Å². The summed E-state index contributed by atoms with van der Waals surface area (Å²) in [4.78, 5) is 0. The van der Waals surface area contributed by atoms with E-state index in [0.29, 0.717) is 0 Å². The third-order valence-electron chi connectivity index (χ3n) is 12.7. The van der Waals surface area contributed by atoms with Crippen molar-refractivity contribution in [1.29, 1.82) is 0 Å². The molecule has 0 heteroatoms. The average Bonchev–Trinajstić information content (AvgIpc) is 3.24. The molecule has 0 spiro atoms. The Bertz CT molecular complexity index is 2590. The molecule has 9 aromatic rings. The van der Waals surface area contributed by atoms with Crippen LogP contribution in [0.2, 0.25) is 0 Å². The maximum atomic E-state index is 2.53. The van der Waals surface area contributed by atoms with E-state index in [1.807, 2.05) is 0 Å². The van der Waals surface area contributed by atoms with Crippen LogP contribution in [0, 0.1) is 0 Å². The molecule has 0 unspecified atom stereocenters. The normalized spacial score (nSPS) is 12.0. The van der Waals surface area contributed by atoms with Crippen LogP contribution in [-0.2, 0) is 12.8 Å². The first-order valence-electron chi connectivity index (χ1n) is 21.9. The summed E-state index contributed by atoms with van der Waals surface area (Å²) in [5.41, 5.74) is 8.30. The van der Waals surface area contributed by atoms with Crippen molar-refractivity contribution in [3.8, 4) is 22.3 Å². The van der Waals surface area contributed by atoms with Gasteiger partial charge in [0.2, 0.25) is 0 Å². The number of rotatable bonds is 16. The summed E-state index contributed by atoms with van der Waals surface area (Å²) < 4.78 is 0. The third kappa shape index (κ3) is 6.93. The van der Waals surface area contributed by atoms with Gasteiger partial charge < -0.3 is 0 Å². The van der Waals surface area contributed by atoms with Gasteiger partial charge in [-0.15, -0.1) is 0 Å². The third-order valence-corrected chi connectivity index (χ3v) is 12.7. The van der Waals surface area contributed by atoms with Crippen LogP contribution in [0.3, 0.4) is 0 Å². The molecule has 0 aliphatic rings. The van der Waals surface area contributed by atoms with Crippen LogP contribution in [-0.4, -0.2) is 0 Å². The molecule has 0 fully saturated rings. The smallest absolute Gasteiger partial charge is 0.000741 e. The Balaban J connectivity index is 1.33. The molecule has 56 heavy (non-hydrogen) atoms. The second kappa shape index (κ2) is 16.5. The van der Waals surface area contributed by atoms with Gasteiger partial charge in [0.15, 0.2) is 0 Å². The largest absolute Gasteiger partial charge is 0.0654 e. The lowest BCUT2D eigenvalue weighted by molar-refractivity contribution is 0.607. The Morgan fingerprint density at radius 3 is 1.18 bits per heavy atom. The van der Waals surface area contributed by atoms with Gasteiger partial charge >= 0.3 is 0 Å². The number of aryl methyl sites for hydroxylation is 2. The number of hydrogen-bond donors (Lipinski definition) is 0. The minimum Gasteiger partial charge on any atom is -0.0654 e. The molecular weight excluding hydrogens is 673 g/mol. The summed E-state index contributed by atoms with van der Waals surface area (Å²) >= 11 is 0. The fourth-order valence-electron chi connectivity index (χ4n) is 9.87. The SMILES string of the molecule is CCCCCCCCc1cccc(-c2c3cc4ccccc4cc3c(-c3cccc(CCCCCCCC)c3)c3c4cccc5ccc6cccc(c23)c6c54)c1. The molecular formula is C56H56. The van der Waals surface area contributed by atoms with Gasteiger partial charge in [0.25, 0.3) is 0 Å². The Morgan fingerprint density at radius 2 is 0.714 bits per heavy atom. The summed E-state index contributed by atoms with van der Waals surface area (Å²) in [6, 6.07) is 51.8.